The predicted molar refractivity (Wildman–Crippen MR) is 124 cm³/mol. The molecule has 1 aliphatic rings. The molecule has 1 aromatic carbocycles. The first kappa shape index (κ1) is 31.3. The maximum atomic E-state index is 13.1. The normalized spacial score (nSPS) is 17.7. The van der Waals surface area contributed by atoms with Gasteiger partial charge in [0, 0.05) is 4.47 Å². The molecule has 0 spiro atoms. The van der Waals surface area contributed by atoms with Crippen molar-refractivity contribution in [2.24, 2.45) is 4.99 Å². The van der Waals surface area contributed by atoms with Crippen LogP contribution in [0.3, 0.4) is 0 Å². The Kier molecular flexibility index (Phi) is 10.5. The molecule has 4 nitrogen and oxygen atoms in total. The van der Waals surface area contributed by atoms with Crippen LogP contribution in [0.25, 0.3) is 5.57 Å². The van der Waals surface area contributed by atoms with E-state index in [0.717, 1.165) is 30.4 Å². The van der Waals surface area contributed by atoms with Crippen molar-refractivity contribution in [3.63, 3.8) is 0 Å². The fourth-order valence-corrected chi connectivity index (χ4v) is 3.38. The van der Waals surface area contributed by atoms with Crippen molar-refractivity contribution in [2.75, 3.05) is 13.2 Å². The van der Waals surface area contributed by atoms with Crippen LogP contribution in [0, 0.1) is 0 Å². The van der Waals surface area contributed by atoms with Crippen molar-refractivity contribution in [1.82, 2.24) is 0 Å². The largest absolute Gasteiger partial charge is 0.471 e. The minimum absolute atomic E-state index is 0.0740. The third-order valence-corrected chi connectivity index (χ3v) is 5.28. The highest BCUT2D eigenvalue weighted by Gasteiger charge is 2.33. The molecule has 0 saturated heterocycles. The number of allylic oxidation sites excluding steroid dienone is 6. The maximum Gasteiger partial charge on any atom is 0.422 e. The van der Waals surface area contributed by atoms with E-state index in [1.54, 1.807) is 0 Å². The molecule has 1 atom stereocenters. The summed E-state index contributed by atoms with van der Waals surface area (Å²) < 4.78 is 124. The van der Waals surface area contributed by atoms with E-state index in [9.17, 15) is 44.3 Å². The van der Waals surface area contributed by atoms with Crippen molar-refractivity contribution in [3.8, 4) is 0 Å². The SMILES string of the molecule is C/C(=C\C(=O)/C=C/C1=CC=CC(OCC(F)(F)F)CC(OCC(F)(F)F)=N1)c1ccc(Br)c(C(F)(F)F)c1. The minimum atomic E-state index is -4.75. The highest BCUT2D eigenvalue weighted by Crippen LogP contribution is 2.36. The summed E-state index contributed by atoms with van der Waals surface area (Å²) >= 11 is 2.82. The van der Waals surface area contributed by atoms with Crippen molar-refractivity contribution >= 4 is 33.2 Å². The molecule has 0 aromatic heterocycles. The lowest BCUT2D eigenvalue weighted by atomic mass is 10.0. The molecule has 0 radical (unpaired) electrons. The smallest absolute Gasteiger partial charge is 0.422 e. The van der Waals surface area contributed by atoms with Crippen molar-refractivity contribution < 1.29 is 53.8 Å². The molecular formula is C24H19BrF9NO3. The molecule has 0 amide bonds. The van der Waals surface area contributed by atoms with E-state index in [4.69, 9.17) is 0 Å². The first-order chi connectivity index (χ1) is 17.4. The molecular weight excluding hydrogens is 601 g/mol. The molecule has 0 N–H and O–H groups in total. The zero-order valence-corrected chi connectivity index (χ0v) is 20.9. The fraction of sp³-hybridized carbons (Fsp3) is 0.333. The quantitative estimate of drug-likeness (QED) is 0.231. The summed E-state index contributed by atoms with van der Waals surface area (Å²) in [6.07, 6.45) is -9.16. The van der Waals surface area contributed by atoms with Gasteiger partial charge in [-0.05, 0) is 54.5 Å². The number of ether oxygens (including phenoxy) is 2. The van der Waals surface area contributed by atoms with Crippen LogP contribution in [0.15, 0.2) is 69.8 Å². The second-order valence-corrected chi connectivity index (χ2v) is 8.66. The number of benzene rings is 1. The molecule has 0 aliphatic carbocycles. The second-order valence-electron chi connectivity index (χ2n) is 7.81. The molecule has 2 rings (SSSR count). The Hall–Kier alpha value is -2.87. The van der Waals surface area contributed by atoms with Crippen LogP contribution in [0.1, 0.15) is 24.5 Å². The lowest BCUT2D eigenvalue weighted by Gasteiger charge is -2.19. The van der Waals surface area contributed by atoms with Crippen LogP contribution in [-0.4, -0.2) is 43.4 Å². The molecule has 0 fully saturated rings. The monoisotopic (exact) mass is 619 g/mol. The molecule has 1 unspecified atom stereocenters. The molecule has 1 aromatic rings. The van der Waals surface area contributed by atoms with Crippen LogP contribution in [0.2, 0.25) is 0 Å². The van der Waals surface area contributed by atoms with Gasteiger partial charge in [-0.25, -0.2) is 4.99 Å². The van der Waals surface area contributed by atoms with Crippen molar-refractivity contribution in [1.29, 1.82) is 0 Å². The van der Waals surface area contributed by atoms with Gasteiger partial charge in [0.1, 0.15) is 6.61 Å². The minimum Gasteiger partial charge on any atom is -0.471 e. The highest BCUT2D eigenvalue weighted by molar-refractivity contribution is 9.10. The van der Waals surface area contributed by atoms with Crippen LogP contribution < -0.4 is 0 Å². The zero-order chi connectivity index (χ0) is 28.7. The first-order valence-electron chi connectivity index (χ1n) is 10.5. The van der Waals surface area contributed by atoms with E-state index in [-0.39, 0.29) is 21.3 Å². The van der Waals surface area contributed by atoms with E-state index in [1.165, 1.54) is 31.2 Å². The summed E-state index contributed by atoms with van der Waals surface area (Å²) in [7, 11) is 0. The summed E-state index contributed by atoms with van der Waals surface area (Å²) in [5, 5.41) is 0. The molecule has 38 heavy (non-hydrogen) atoms. The Morgan fingerprint density at radius 3 is 2.34 bits per heavy atom. The number of rotatable bonds is 7. The van der Waals surface area contributed by atoms with Crippen LogP contribution in [-0.2, 0) is 20.4 Å². The lowest BCUT2D eigenvalue weighted by Crippen LogP contribution is -2.27. The Labute approximate surface area is 219 Å². The molecule has 0 bridgehead atoms. The number of alkyl halides is 9. The third-order valence-electron chi connectivity index (χ3n) is 4.59. The number of carbonyl (C=O) groups is 1. The molecule has 1 aliphatic heterocycles. The highest BCUT2D eigenvalue weighted by atomic mass is 79.9. The van der Waals surface area contributed by atoms with Gasteiger partial charge in [0.25, 0.3) is 0 Å². The average Bonchev–Trinajstić information content (AvgIpc) is 2.75. The summed E-state index contributed by atoms with van der Waals surface area (Å²) in [5.41, 5.74) is -0.682. The van der Waals surface area contributed by atoms with Gasteiger partial charge in [-0.1, -0.05) is 34.1 Å². The van der Waals surface area contributed by atoms with Crippen LogP contribution in [0.4, 0.5) is 39.5 Å². The molecule has 0 saturated carbocycles. The van der Waals surface area contributed by atoms with Gasteiger partial charge in [-0.15, -0.1) is 0 Å². The van der Waals surface area contributed by atoms with Gasteiger partial charge in [0.05, 0.1) is 23.8 Å². The lowest BCUT2D eigenvalue weighted by molar-refractivity contribution is -0.180. The summed E-state index contributed by atoms with van der Waals surface area (Å²) in [6.45, 7) is -1.99. The number of ketones is 1. The van der Waals surface area contributed by atoms with Gasteiger partial charge < -0.3 is 9.47 Å². The number of hydrogen-bond acceptors (Lipinski definition) is 4. The number of hydrogen-bond donors (Lipinski definition) is 0. The molecule has 1 heterocycles. The van der Waals surface area contributed by atoms with E-state index in [0.29, 0.717) is 0 Å². The van der Waals surface area contributed by atoms with Gasteiger partial charge in [-0.2, -0.15) is 39.5 Å². The Balaban J connectivity index is 2.24. The van der Waals surface area contributed by atoms with Gasteiger partial charge in [-0.3, -0.25) is 4.79 Å². The fourth-order valence-electron chi connectivity index (χ4n) is 2.91. The van der Waals surface area contributed by atoms with E-state index in [2.05, 4.69) is 30.4 Å². The van der Waals surface area contributed by atoms with Gasteiger partial charge in [0.2, 0.25) is 0 Å². The maximum absolute atomic E-state index is 13.1. The summed E-state index contributed by atoms with van der Waals surface area (Å²) in [5.74, 6) is -1.26. The third kappa shape index (κ3) is 11.3. The Bertz CT molecular complexity index is 1160. The topological polar surface area (TPSA) is 47.9 Å². The van der Waals surface area contributed by atoms with E-state index >= 15 is 0 Å². The first-order valence-corrected chi connectivity index (χ1v) is 11.3. The van der Waals surface area contributed by atoms with Gasteiger partial charge >= 0.3 is 18.5 Å². The molecule has 208 valence electrons. The van der Waals surface area contributed by atoms with E-state index < -0.39 is 61.5 Å². The standard InChI is InChI=1S/C24H19BrF9NO3/c1-14(15-5-8-20(25)19(10-15)24(32,33)34)9-17(36)7-6-16-3-2-4-18(37-12-22(26,27)28)11-21(35-16)38-13-23(29,30)31/h2-10,18H,11-13H2,1H3/b4-2?,7-6+,14-9+,16-3?,35-21?. The van der Waals surface area contributed by atoms with Crippen molar-refractivity contribution in [3.05, 3.63) is 76.0 Å². The summed E-state index contributed by atoms with van der Waals surface area (Å²) in [4.78, 5) is 16.2. The number of aliphatic imine (C=N–C) groups is 1. The van der Waals surface area contributed by atoms with Gasteiger partial charge in [0.15, 0.2) is 18.3 Å². The predicted octanol–water partition coefficient (Wildman–Crippen LogP) is 7.77. The molecule has 14 heteroatoms. The van der Waals surface area contributed by atoms with Crippen molar-refractivity contribution in [2.45, 2.75) is 38.0 Å². The number of nitrogens with zero attached hydrogens (tertiary/aromatic N) is 1. The van der Waals surface area contributed by atoms with Crippen LogP contribution in [0.5, 0.6) is 0 Å². The zero-order valence-electron chi connectivity index (χ0n) is 19.3. The Morgan fingerprint density at radius 2 is 1.74 bits per heavy atom. The second kappa shape index (κ2) is 12.8. The van der Waals surface area contributed by atoms with Crippen LogP contribution >= 0.6 is 15.9 Å². The number of carbonyl (C=O) groups excluding carboxylic acids is 1. The number of halogens is 10. The van der Waals surface area contributed by atoms with E-state index in [1.807, 2.05) is 0 Å². The average molecular weight is 620 g/mol. The summed E-state index contributed by atoms with van der Waals surface area (Å²) in [6, 6.07) is 3.42. The Morgan fingerprint density at radius 1 is 1.08 bits per heavy atom.